The van der Waals surface area contributed by atoms with Crippen LogP contribution in [-0.2, 0) is 80.9 Å². The number of nitrogens with zero attached hydrogens (tertiary/aromatic N) is 1. The molecule has 0 rings (SSSR count). The average Bonchev–Trinajstić information content (AvgIpc) is 0.858. The van der Waals surface area contributed by atoms with Gasteiger partial charge < -0.3 is 66.3 Å². The van der Waals surface area contributed by atoms with E-state index >= 15 is 0 Å². The minimum absolute atomic E-state index is 0. The van der Waals surface area contributed by atoms with E-state index in [4.69, 9.17) is 120 Å². The van der Waals surface area contributed by atoms with E-state index in [1.54, 1.807) is 62.3 Å². The molecule has 0 aliphatic rings. The second-order valence-electron chi connectivity index (χ2n) is 21.8. The Hall–Kier alpha value is 0.560. The Bertz CT molecular complexity index is 2300. The van der Waals surface area contributed by atoms with Gasteiger partial charge in [0.1, 0.15) is 35.4 Å². The quantitative estimate of drug-likeness (QED) is 0.0316. The van der Waals surface area contributed by atoms with Gasteiger partial charge in [-0.05, 0) is 213 Å². The number of carbonyl (C=O) groups is 10. The maximum atomic E-state index is 12.3. The molecule has 3 atom stereocenters. The number of ketones is 2. The number of ether oxygens (including phenoxy) is 5. The lowest BCUT2D eigenvalue weighted by Crippen LogP contribution is -3.00. The Balaban J connectivity index is -0.0000000909. The van der Waals surface area contributed by atoms with Crippen LogP contribution in [0.5, 0.6) is 0 Å². The highest BCUT2D eigenvalue weighted by molar-refractivity contribution is 8.49. The van der Waals surface area contributed by atoms with E-state index in [0.29, 0.717) is 10.6 Å². The summed E-state index contributed by atoms with van der Waals surface area (Å²) in [4.78, 5) is 113. The van der Waals surface area contributed by atoms with Crippen molar-refractivity contribution in [2.75, 3.05) is 48.1 Å². The van der Waals surface area contributed by atoms with Gasteiger partial charge >= 0.3 is 35.8 Å². The third-order valence-electron chi connectivity index (χ3n) is 8.89. The summed E-state index contributed by atoms with van der Waals surface area (Å²) in [5.41, 5.74) is 4.02. The first-order valence-corrected chi connectivity index (χ1v) is 38.8. The molecule has 0 aromatic heterocycles. The van der Waals surface area contributed by atoms with Crippen LogP contribution in [0.1, 0.15) is 168 Å². The molecule has 0 aliphatic carbocycles. The highest BCUT2D eigenvalue weighted by Gasteiger charge is 2.40. The zero-order valence-electron chi connectivity index (χ0n) is 60.5. The van der Waals surface area contributed by atoms with Crippen LogP contribution in [-0.4, -0.2) is 197 Å². The Morgan fingerprint density at radius 1 is 0.557 bits per heavy atom. The van der Waals surface area contributed by atoms with E-state index in [-0.39, 0.29) is 40.1 Å². The fraction of sp³-hybridized carbons (Fsp3) is 0.750. The summed E-state index contributed by atoms with van der Waals surface area (Å²) in [5, 5.41) is 16.8. The van der Waals surface area contributed by atoms with E-state index in [0.717, 1.165) is 70.6 Å². The molecule has 0 aromatic carbocycles. The van der Waals surface area contributed by atoms with Crippen molar-refractivity contribution in [1.29, 1.82) is 0 Å². The molecule has 97 heavy (non-hydrogen) atoms. The fourth-order valence-electron chi connectivity index (χ4n) is 3.40. The first-order valence-electron chi connectivity index (χ1n) is 27.7. The molecule has 0 heterocycles. The van der Waals surface area contributed by atoms with Crippen molar-refractivity contribution in [3.63, 3.8) is 0 Å². The summed E-state index contributed by atoms with van der Waals surface area (Å²) < 4.78 is 44.8. The second-order valence-corrected chi connectivity index (χ2v) is 41.0. The molecule has 0 saturated carbocycles. The highest BCUT2D eigenvalue weighted by atomic mass is 79.9. The van der Waals surface area contributed by atoms with Crippen LogP contribution in [0.2, 0.25) is 0 Å². The summed E-state index contributed by atoms with van der Waals surface area (Å²) in [6, 6.07) is 0. The summed E-state index contributed by atoms with van der Waals surface area (Å²) in [5.74, 6) is -4.28. The van der Waals surface area contributed by atoms with Crippen LogP contribution in [0.15, 0.2) is 0 Å². The molecule has 20 nitrogen and oxygen atoms in total. The van der Waals surface area contributed by atoms with Crippen molar-refractivity contribution in [1.82, 2.24) is 4.90 Å². The fourth-order valence-corrected chi connectivity index (χ4v) is 14.7. The normalized spacial score (nSPS) is 11.6. The van der Waals surface area contributed by atoms with Gasteiger partial charge in [0, 0.05) is 32.8 Å². The van der Waals surface area contributed by atoms with Crippen molar-refractivity contribution in [2.45, 2.75) is 223 Å². The number of quaternary nitrogens is 1. The summed E-state index contributed by atoms with van der Waals surface area (Å²) >= 11 is 54.9. The molecular formula is C56H99BrCl7FN2O18S12. The van der Waals surface area contributed by atoms with Crippen molar-refractivity contribution in [3.05, 3.63) is 0 Å². The van der Waals surface area contributed by atoms with Gasteiger partial charge in [-0.15, -0.1) is 0 Å². The number of aliphatic carboxylic acids is 2. The third kappa shape index (κ3) is 88.9. The Morgan fingerprint density at radius 3 is 0.887 bits per heavy atom. The number of carboxylic acid groups (broad SMARTS) is 2. The molecule has 0 saturated heterocycles. The molecule has 41 heteroatoms. The van der Waals surface area contributed by atoms with Gasteiger partial charge in [0.15, 0.2) is 28.4 Å². The lowest BCUT2D eigenvalue weighted by molar-refractivity contribution is -0.458. The number of methoxy groups -OCH3 is 3. The van der Waals surface area contributed by atoms with E-state index < -0.39 is 108 Å². The minimum atomic E-state index is -1.67. The van der Waals surface area contributed by atoms with Gasteiger partial charge in [-0.3, -0.25) is 38.0 Å². The predicted molar refractivity (Wildman–Crippen MR) is 428 cm³/mol. The minimum Gasteiger partial charge on any atom is -1.00 e. The maximum absolute atomic E-state index is 12.3. The Labute approximate surface area is 676 Å². The number of rotatable bonds is 21. The second kappa shape index (κ2) is 67.2. The summed E-state index contributed by atoms with van der Waals surface area (Å²) in [6.45, 7) is 44.5. The van der Waals surface area contributed by atoms with Gasteiger partial charge in [0.2, 0.25) is 19.7 Å². The highest BCUT2D eigenvalue weighted by Crippen LogP contribution is 2.40. The van der Waals surface area contributed by atoms with Crippen molar-refractivity contribution in [3.8, 4) is 0 Å². The smallest absolute Gasteiger partial charge is 0.346 e. The lowest BCUT2D eigenvalue weighted by Gasteiger charge is -2.27. The molecule has 5 N–H and O–H groups in total. The van der Waals surface area contributed by atoms with Crippen LogP contribution in [0, 0.1) is 0 Å². The van der Waals surface area contributed by atoms with E-state index in [1.807, 2.05) is 4.31 Å². The molecule has 576 valence electrons. The monoisotopic (exact) mass is 1820 g/mol. The molecule has 0 spiro atoms. The van der Waals surface area contributed by atoms with Crippen LogP contribution < -0.4 is 22.7 Å². The number of halogens is 9. The number of thiocarbonyl (C=S) groups is 5. The van der Waals surface area contributed by atoms with Crippen molar-refractivity contribution in [2.24, 2.45) is 0 Å². The molecule has 0 aromatic rings. The number of carbonyl (C=O) groups excluding carboxylic acids is 8. The summed E-state index contributed by atoms with van der Waals surface area (Å²) in [6.07, 6.45) is -2.33. The number of hydrogen-bond donors (Lipinski definition) is 3. The SMILES string of the molecule is CC(C)(C)[NH3+].CC(C)(SC(=S)SC(C)(C)C(=O)Cl)C(=O)Cl.CC(C)(SC(=S)SC(C)(C)C(=O)O)C(=O)O.CC(C)=O.CCN(CC)CC.COC(=O)C(C)OC.COC(=O)C(C)OC(=O)C(C)(C)SC(=S)SC(C)(C)C(=O)OC(C)C(C)=O.ClC(Cl)Cl.O=S(Cl)Cl.S=C=S.[2H]CF.[Br-]. The predicted octanol–water partition coefficient (Wildman–Crippen LogP) is 13.0. The van der Waals surface area contributed by atoms with Gasteiger partial charge in [-0.1, -0.05) is 163 Å². The van der Waals surface area contributed by atoms with Crippen LogP contribution in [0.3, 0.4) is 0 Å². The molecule has 0 fully saturated rings. The van der Waals surface area contributed by atoms with Gasteiger partial charge in [0.05, 0.1) is 37.8 Å². The van der Waals surface area contributed by atoms with Crippen molar-refractivity contribution >= 4 is 293 Å². The maximum Gasteiger partial charge on any atom is 0.346 e. The van der Waals surface area contributed by atoms with Gasteiger partial charge in [-0.25, -0.2) is 13.8 Å². The number of esters is 4. The molecule has 0 radical (unpaired) electrons. The number of carboxylic acids is 2. The Kier molecular flexibility index (Phi) is 84.1. The standard InChI is InChI=1S/C17H26O7S3.C9H12Cl2O2S3.C9H14O4S3.C6H15N.C5H10O3.C4H11N.C3H6O.CHCl3.CH3F.CS2.BrH.Cl2OS/c1-9(18)10(2)23-13(20)16(4,5)26-15(25)27-17(6,7)14(21)24-11(3)12(19)22-8;1-8(2,5(10)12)15-7(14)16-9(3,4)6(11)13;1-8(2,5(10)11)15-7(14)16-9(3,4)6(12)13;1-4-7(5-2)6-3;1-4(7-2)5(6)8-3;1-4(2,3)5;1-3(2)4;2-1(3)4;1-2;2-1-3;;1-4(2)3/h10-11H,1-8H3;1-4H3;1-4H3,(H,10,11)(H,12,13);4-6H2,1-3H3;4H,1-3H3;5H2,1-3H3;1-2H3;1H;1H3;;1H;/i;;;;;;;;1D;;;. The average molecular weight is 1820 g/mol. The topological polar surface area (TPSA) is 305 Å². The van der Waals surface area contributed by atoms with E-state index in [2.05, 4.69) is 112 Å². The lowest BCUT2D eigenvalue weighted by atomic mass is 10.1. The first kappa shape index (κ1) is 121. The first-order chi connectivity index (χ1) is 43.2. The zero-order valence-corrected chi connectivity index (χ0v) is 76.2. The molecule has 0 bridgehead atoms. The van der Waals surface area contributed by atoms with Crippen LogP contribution in [0.4, 0.5) is 4.39 Å². The van der Waals surface area contributed by atoms with E-state index in [1.165, 1.54) is 103 Å². The number of alkyl halides is 4. The van der Waals surface area contributed by atoms with Crippen LogP contribution in [0.25, 0.3) is 0 Å². The van der Waals surface area contributed by atoms with Crippen molar-refractivity contribution < 1.29 is 115 Å². The van der Waals surface area contributed by atoms with Gasteiger partial charge in [-0.2, -0.15) is 0 Å². The third-order valence-corrected chi connectivity index (χ3v) is 18.2. The van der Waals surface area contributed by atoms with Crippen LogP contribution >= 0.6 is 211 Å². The van der Waals surface area contributed by atoms with E-state index in [9.17, 15) is 52.3 Å². The number of Topliss-reactive ketones (excluding diaryl/α,β-unsaturated/α-hetero) is 2. The number of hydrogen-bond acceptors (Lipinski definition) is 28. The molecule has 3 unspecified atom stereocenters. The molecule has 0 aliphatic heterocycles. The number of thioether (sulfide) groups is 6. The zero-order chi connectivity index (χ0) is 80.8. The van der Waals surface area contributed by atoms with Gasteiger partial charge in [0.25, 0.3) is 0 Å². The molecular weight excluding hydrogens is 1720 g/mol. The Morgan fingerprint density at radius 2 is 0.742 bits per heavy atom. The summed E-state index contributed by atoms with van der Waals surface area (Å²) in [7, 11) is 10.3. The largest absolute Gasteiger partial charge is 1.00 e. The molecule has 0 amide bonds.